The molecule has 1 aliphatic rings. The highest BCUT2D eigenvalue weighted by molar-refractivity contribution is 5.78. The average molecular weight is 350 g/mol. The quantitative estimate of drug-likeness (QED) is 0.866. The topological polar surface area (TPSA) is 79.9 Å². The van der Waals surface area contributed by atoms with Crippen LogP contribution in [0.1, 0.15) is 35.3 Å². The van der Waals surface area contributed by atoms with Gasteiger partial charge in [-0.25, -0.2) is 13.8 Å². The molecule has 1 aliphatic heterocycles. The fourth-order valence-corrected chi connectivity index (χ4v) is 2.92. The summed E-state index contributed by atoms with van der Waals surface area (Å²) in [6.07, 6.45) is 0.284. The summed E-state index contributed by atoms with van der Waals surface area (Å²) in [5, 5.41) is 9.65. The van der Waals surface area contributed by atoms with E-state index in [4.69, 9.17) is 4.74 Å². The fourth-order valence-electron chi connectivity index (χ4n) is 2.92. The zero-order chi connectivity index (χ0) is 18.0. The SMILES string of the molecule is Cc1nc([C@H]2OCC[C@H]2CNC(=O)Cc2cc(F)c(C)cc2F)n[nH]1. The van der Waals surface area contributed by atoms with Crippen LogP contribution < -0.4 is 5.32 Å². The Morgan fingerprint density at radius 2 is 2.16 bits per heavy atom. The van der Waals surface area contributed by atoms with E-state index in [1.165, 1.54) is 6.92 Å². The lowest BCUT2D eigenvalue weighted by atomic mass is 10.0. The fraction of sp³-hybridized carbons (Fsp3) is 0.471. The van der Waals surface area contributed by atoms with Gasteiger partial charge in [-0.1, -0.05) is 0 Å². The van der Waals surface area contributed by atoms with Gasteiger partial charge in [0.2, 0.25) is 5.91 Å². The first kappa shape index (κ1) is 17.5. The number of nitrogens with one attached hydrogen (secondary N) is 2. The number of aryl methyl sites for hydroxylation is 2. The predicted molar refractivity (Wildman–Crippen MR) is 85.7 cm³/mol. The number of benzene rings is 1. The normalized spacial score (nSPS) is 20.0. The van der Waals surface area contributed by atoms with Gasteiger partial charge in [-0.05, 0) is 38.0 Å². The van der Waals surface area contributed by atoms with Crippen molar-refractivity contribution in [3.05, 3.63) is 46.5 Å². The van der Waals surface area contributed by atoms with Crippen LogP contribution in [0.2, 0.25) is 0 Å². The van der Waals surface area contributed by atoms with Crippen molar-refractivity contribution in [1.29, 1.82) is 0 Å². The molecule has 0 spiro atoms. The van der Waals surface area contributed by atoms with Crippen LogP contribution in [0.15, 0.2) is 12.1 Å². The van der Waals surface area contributed by atoms with E-state index in [1.807, 2.05) is 0 Å². The van der Waals surface area contributed by atoms with Crippen molar-refractivity contribution in [2.24, 2.45) is 5.92 Å². The average Bonchev–Trinajstić information content (AvgIpc) is 3.19. The number of amides is 1. The Bertz CT molecular complexity index is 778. The Morgan fingerprint density at radius 3 is 2.88 bits per heavy atom. The third kappa shape index (κ3) is 4.01. The van der Waals surface area contributed by atoms with E-state index in [0.29, 0.717) is 24.8 Å². The van der Waals surface area contributed by atoms with Gasteiger partial charge in [-0.15, -0.1) is 0 Å². The molecule has 2 aromatic rings. The summed E-state index contributed by atoms with van der Waals surface area (Å²) in [5.74, 6) is -0.149. The monoisotopic (exact) mass is 350 g/mol. The van der Waals surface area contributed by atoms with Crippen LogP contribution >= 0.6 is 0 Å². The van der Waals surface area contributed by atoms with Crippen molar-refractivity contribution in [2.45, 2.75) is 32.8 Å². The first-order valence-corrected chi connectivity index (χ1v) is 8.15. The second kappa shape index (κ2) is 7.26. The van der Waals surface area contributed by atoms with Gasteiger partial charge in [0.25, 0.3) is 0 Å². The van der Waals surface area contributed by atoms with Crippen LogP contribution in [0.4, 0.5) is 8.78 Å². The van der Waals surface area contributed by atoms with Gasteiger partial charge in [-0.2, -0.15) is 5.10 Å². The predicted octanol–water partition coefficient (Wildman–Crippen LogP) is 2.14. The maximum atomic E-state index is 13.8. The third-order valence-electron chi connectivity index (χ3n) is 4.32. The maximum Gasteiger partial charge on any atom is 0.224 e. The molecule has 3 rings (SSSR count). The number of H-pyrrole nitrogens is 1. The van der Waals surface area contributed by atoms with Crippen LogP contribution in [0.5, 0.6) is 0 Å². The van der Waals surface area contributed by atoms with Crippen LogP contribution in [-0.2, 0) is 16.0 Å². The molecule has 25 heavy (non-hydrogen) atoms. The van der Waals surface area contributed by atoms with Gasteiger partial charge in [0.1, 0.15) is 23.6 Å². The van der Waals surface area contributed by atoms with Crippen molar-refractivity contribution < 1.29 is 18.3 Å². The molecule has 0 bridgehead atoms. The largest absolute Gasteiger partial charge is 0.370 e. The Labute approximate surface area is 144 Å². The standard InChI is InChI=1S/C17H20F2N4O2/c1-9-5-14(19)12(6-13(9)18)7-15(24)20-8-11-3-4-25-16(11)17-21-10(2)22-23-17/h5-6,11,16H,3-4,7-8H2,1-2H3,(H,20,24)(H,21,22,23)/t11-,16-/m0/s1. The number of hydrogen-bond acceptors (Lipinski definition) is 4. The lowest BCUT2D eigenvalue weighted by molar-refractivity contribution is -0.120. The van der Waals surface area contributed by atoms with E-state index in [9.17, 15) is 13.6 Å². The molecule has 1 amide bonds. The molecule has 1 aromatic carbocycles. The number of ether oxygens (including phenoxy) is 1. The molecule has 1 aromatic heterocycles. The summed E-state index contributed by atoms with van der Waals surface area (Å²) in [6, 6.07) is 2.17. The minimum absolute atomic E-state index is 0.0405. The molecule has 0 unspecified atom stereocenters. The van der Waals surface area contributed by atoms with Crippen LogP contribution in [0.25, 0.3) is 0 Å². The van der Waals surface area contributed by atoms with Crippen molar-refractivity contribution in [3.8, 4) is 0 Å². The van der Waals surface area contributed by atoms with Gasteiger partial charge in [0, 0.05) is 24.6 Å². The lowest BCUT2D eigenvalue weighted by Crippen LogP contribution is -2.32. The molecule has 0 aliphatic carbocycles. The van der Waals surface area contributed by atoms with Crippen molar-refractivity contribution in [2.75, 3.05) is 13.2 Å². The minimum Gasteiger partial charge on any atom is -0.370 e. The number of carbonyl (C=O) groups excluding carboxylic acids is 1. The van der Waals surface area contributed by atoms with E-state index in [0.717, 1.165) is 18.6 Å². The zero-order valence-electron chi connectivity index (χ0n) is 14.1. The zero-order valence-corrected chi connectivity index (χ0v) is 14.1. The highest BCUT2D eigenvalue weighted by Gasteiger charge is 2.32. The first-order valence-electron chi connectivity index (χ1n) is 8.15. The second-order valence-electron chi connectivity index (χ2n) is 6.29. The molecule has 2 N–H and O–H groups in total. The summed E-state index contributed by atoms with van der Waals surface area (Å²) in [5.41, 5.74) is 0.263. The number of carbonyl (C=O) groups is 1. The van der Waals surface area contributed by atoms with E-state index in [2.05, 4.69) is 20.5 Å². The smallest absolute Gasteiger partial charge is 0.224 e. The van der Waals surface area contributed by atoms with E-state index in [-0.39, 0.29) is 35.5 Å². The summed E-state index contributed by atoms with van der Waals surface area (Å²) >= 11 is 0. The van der Waals surface area contributed by atoms with Crippen LogP contribution in [0.3, 0.4) is 0 Å². The molecule has 1 saturated heterocycles. The molecule has 8 heteroatoms. The third-order valence-corrected chi connectivity index (χ3v) is 4.32. The Balaban J connectivity index is 1.58. The lowest BCUT2D eigenvalue weighted by Gasteiger charge is -2.16. The number of nitrogens with zero attached hydrogens (tertiary/aromatic N) is 2. The van der Waals surface area contributed by atoms with Gasteiger partial charge < -0.3 is 10.1 Å². The summed E-state index contributed by atoms with van der Waals surface area (Å²) in [4.78, 5) is 16.4. The highest BCUT2D eigenvalue weighted by Crippen LogP contribution is 2.32. The number of hydrogen-bond donors (Lipinski definition) is 2. The van der Waals surface area contributed by atoms with Crippen LogP contribution in [-0.4, -0.2) is 34.2 Å². The number of aromatic amines is 1. The number of rotatable bonds is 5. The van der Waals surface area contributed by atoms with E-state index < -0.39 is 11.6 Å². The van der Waals surface area contributed by atoms with Crippen molar-refractivity contribution in [1.82, 2.24) is 20.5 Å². The second-order valence-corrected chi connectivity index (χ2v) is 6.29. The molecule has 2 atom stereocenters. The Hall–Kier alpha value is -2.35. The van der Waals surface area contributed by atoms with Crippen LogP contribution in [0, 0.1) is 31.4 Å². The highest BCUT2D eigenvalue weighted by atomic mass is 19.1. The van der Waals surface area contributed by atoms with Gasteiger partial charge in [-0.3, -0.25) is 9.89 Å². The maximum absolute atomic E-state index is 13.8. The molecule has 2 heterocycles. The molecular weight excluding hydrogens is 330 g/mol. The molecule has 0 radical (unpaired) electrons. The van der Waals surface area contributed by atoms with E-state index in [1.54, 1.807) is 6.92 Å². The summed E-state index contributed by atoms with van der Waals surface area (Å²) in [6.45, 7) is 4.22. The molecular formula is C17H20F2N4O2. The summed E-state index contributed by atoms with van der Waals surface area (Å²) in [7, 11) is 0. The minimum atomic E-state index is -0.577. The molecule has 6 nitrogen and oxygen atoms in total. The van der Waals surface area contributed by atoms with Gasteiger partial charge >= 0.3 is 0 Å². The van der Waals surface area contributed by atoms with Crippen molar-refractivity contribution >= 4 is 5.91 Å². The van der Waals surface area contributed by atoms with Gasteiger partial charge in [0.15, 0.2) is 5.82 Å². The van der Waals surface area contributed by atoms with Crippen molar-refractivity contribution in [3.63, 3.8) is 0 Å². The number of aromatic nitrogens is 3. The Morgan fingerprint density at radius 1 is 1.36 bits per heavy atom. The first-order chi connectivity index (χ1) is 11.9. The summed E-state index contributed by atoms with van der Waals surface area (Å²) < 4.78 is 33.0. The number of halogens is 2. The molecule has 0 saturated carbocycles. The van der Waals surface area contributed by atoms with E-state index >= 15 is 0 Å². The molecule has 1 fully saturated rings. The Kier molecular flexibility index (Phi) is 5.08. The van der Waals surface area contributed by atoms with Gasteiger partial charge in [0.05, 0.1) is 6.42 Å². The molecule has 134 valence electrons.